The van der Waals surface area contributed by atoms with Crippen LogP contribution in [0.2, 0.25) is 0 Å². The number of terminal acetylenes is 2. The Morgan fingerprint density at radius 3 is 2.49 bits per heavy atom. The SMILES string of the molecule is C#CCC[C@H](NC(=O)[C@@H](CC(=O)N(C)CCNCCC)Cc1ccccc1)C(=O)NC[C@@H](O)[C@H](CC#C)OC1CCCCC1C. The third kappa shape index (κ3) is 14.1. The quantitative estimate of drug-likeness (QED) is 0.131. The van der Waals surface area contributed by atoms with E-state index in [1.807, 2.05) is 30.3 Å². The number of hydrogen-bond acceptors (Lipinski definition) is 6. The Morgan fingerprint density at radius 2 is 1.82 bits per heavy atom. The van der Waals surface area contributed by atoms with Gasteiger partial charge in [-0.1, -0.05) is 57.0 Å². The van der Waals surface area contributed by atoms with Crippen molar-refractivity contribution >= 4 is 17.7 Å². The van der Waals surface area contributed by atoms with Crippen LogP contribution in [0.4, 0.5) is 0 Å². The fraction of sp³-hybridized carbons (Fsp3) is 0.639. The molecule has 2 unspecified atom stereocenters. The second kappa shape index (κ2) is 21.4. The van der Waals surface area contributed by atoms with Gasteiger partial charge in [-0.25, -0.2) is 0 Å². The number of nitrogens with zero attached hydrogens (tertiary/aromatic N) is 1. The van der Waals surface area contributed by atoms with E-state index >= 15 is 0 Å². The first-order chi connectivity index (χ1) is 21.7. The summed E-state index contributed by atoms with van der Waals surface area (Å²) in [6, 6.07) is 8.56. The molecule has 1 aliphatic rings. The van der Waals surface area contributed by atoms with E-state index in [2.05, 4.69) is 41.6 Å². The third-order valence-corrected chi connectivity index (χ3v) is 8.42. The number of benzene rings is 1. The maximum Gasteiger partial charge on any atom is 0.242 e. The summed E-state index contributed by atoms with van der Waals surface area (Å²) in [5, 5.41) is 19.8. The van der Waals surface area contributed by atoms with Crippen LogP contribution in [-0.2, 0) is 25.5 Å². The highest BCUT2D eigenvalue weighted by atomic mass is 16.5. The van der Waals surface area contributed by atoms with Crippen LogP contribution in [0.25, 0.3) is 0 Å². The van der Waals surface area contributed by atoms with Crippen molar-refractivity contribution < 1.29 is 24.2 Å². The average Bonchev–Trinajstić information content (AvgIpc) is 3.04. The molecule has 1 aromatic rings. The van der Waals surface area contributed by atoms with Crippen LogP contribution in [-0.4, -0.2) is 85.3 Å². The molecule has 1 aromatic carbocycles. The Bertz CT molecular complexity index is 1110. The summed E-state index contributed by atoms with van der Waals surface area (Å²) in [5.41, 5.74) is 0.914. The molecule has 6 atom stereocenters. The summed E-state index contributed by atoms with van der Waals surface area (Å²) in [6.07, 6.45) is 15.7. The molecule has 0 spiro atoms. The molecule has 1 aliphatic carbocycles. The molecule has 1 saturated carbocycles. The van der Waals surface area contributed by atoms with Crippen LogP contribution < -0.4 is 16.0 Å². The van der Waals surface area contributed by atoms with Crippen molar-refractivity contribution in [1.29, 1.82) is 0 Å². The first-order valence-electron chi connectivity index (χ1n) is 16.5. The zero-order chi connectivity index (χ0) is 33.0. The van der Waals surface area contributed by atoms with Crippen LogP contribution in [0.15, 0.2) is 30.3 Å². The molecule has 3 amide bonds. The van der Waals surface area contributed by atoms with E-state index in [4.69, 9.17) is 17.6 Å². The van der Waals surface area contributed by atoms with Crippen molar-refractivity contribution in [3.8, 4) is 24.7 Å². The molecule has 0 saturated heterocycles. The maximum absolute atomic E-state index is 13.6. The number of amides is 3. The van der Waals surface area contributed by atoms with Gasteiger partial charge in [-0.15, -0.1) is 24.7 Å². The van der Waals surface area contributed by atoms with Crippen molar-refractivity contribution in [2.75, 3.05) is 33.2 Å². The highest BCUT2D eigenvalue weighted by molar-refractivity contribution is 5.90. The number of rotatable bonds is 20. The number of nitrogens with one attached hydrogen (secondary N) is 3. The number of aliphatic hydroxyl groups excluding tert-OH is 1. The monoisotopic (exact) mass is 622 g/mol. The fourth-order valence-corrected chi connectivity index (χ4v) is 5.54. The standard InChI is InChI=1S/C36H54N4O5/c1-6-9-19-30(36(44)38-26-31(41)33(15-7-2)45-32-20-14-13-16-27(32)4)39-35(43)29(24-28-17-11-10-12-18-28)25-34(42)40(5)23-22-37-21-8-3/h1-2,10-12,17-18,27,29-33,37,41H,8-9,13-16,19-26H2,3-5H3,(H,38,44)(H,39,43)/t27?,29-,30+,31-,32?,33+/m1/s1. The largest absolute Gasteiger partial charge is 0.389 e. The van der Waals surface area contributed by atoms with Gasteiger partial charge in [0.15, 0.2) is 0 Å². The third-order valence-electron chi connectivity index (χ3n) is 8.42. The molecule has 2 rings (SSSR count). The number of aliphatic hydroxyl groups is 1. The van der Waals surface area contributed by atoms with Gasteiger partial charge >= 0.3 is 0 Å². The van der Waals surface area contributed by atoms with Gasteiger partial charge in [0.2, 0.25) is 17.7 Å². The molecular weight excluding hydrogens is 568 g/mol. The highest BCUT2D eigenvalue weighted by Crippen LogP contribution is 2.28. The Hall–Kier alpha value is -3.37. The molecule has 0 heterocycles. The van der Waals surface area contributed by atoms with Crippen LogP contribution >= 0.6 is 0 Å². The maximum atomic E-state index is 13.6. The van der Waals surface area contributed by atoms with Gasteiger partial charge < -0.3 is 30.7 Å². The molecule has 248 valence electrons. The van der Waals surface area contributed by atoms with E-state index < -0.39 is 36.0 Å². The smallest absolute Gasteiger partial charge is 0.242 e. The number of ether oxygens (including phenoxy) is 1. The molecule has 4 N–H and O–H groups in total. The number of likely N-dealkylation sites (N-methyl/N-ethyl adjacent to an activating group) is 1. The second-order valence-corrected chi connectivity index (χ2v) is 12.2. The van der Waals surface area contributed by atoms with Crippen molar-refractivity contribution in [2.24, 2.45) is 11.8 Å². The minimum absolute atomic E-state index is 0.00209. The van der Waals surface area contributed by atoms with E-state index in [9.17, 15) is 19.5 Å². The summed E-state index contributed by atoms with van der Waals surface area (Å²) in [6.45, 7) is 6.20. The van der Waals surface area contributed by atoms with E-state index in [-0.39, 0.29) is 44.2 Å². The normalized spacial score (nSPS) is 18.8. The van der Waals surface area contributed by atoms with Crippen LogP contribution in [0, 0.1) is 36.5 Å². The minimum Gasteiger partial charge on any atom is -0.389 e. The molecule has 0 aliphatic heterocycles. The minimum atomic E-state index is -1.02. The lowest BCUT2D eigenvalue weighted by Crippen LogP contribution is -2.51. The van der Waals surface area contributed by atoms with Crippen LogP contribution in [0.3, 0.4) is 0 Å². The molecule has 9 nitrogen and oxygen atoms in total. The lowest BCUT2D eigenvalue weighted by Gasteiger charge is -2.33. The molecule has 9 heteroatoms. The Balaban J connectivity index is 2.08. The molecule has 45 heavy (non-hydrogen) atoms. The molecule has 0 radical (unpaired) electrons. The zero-order valence-corrected chi connectivity index (χ0v) is 27.4. The average molecular weight is 623 g/mol. The van der Waals surface area contributed by atoms with Crippen molar-refractivity contribution in [2.45, 2.75) is 102 Å². The number of carbonyl (C=O) groups is 3. The van der Waals surface area contributed by atoms with Gasteiger partial charge in [-0.2, -0.15) is 0 Å². The lowest BCUT2D eigenvalue weighted by atomic mass is 9.87. The van der Waals surface area contributed by atoms with Crippen molar-refractivity contribution in [1.82, 2.24) is 20.9 Å². The van der Waals surface area contributed by atoms with Crippen LogP contribution in [0.5, 0.6) is 0 Å². The van der Waals surface area contributed by atoms with Gasteiger partial charge in [-0.3, -0.25) is 14.4 Å². The first-order valence-corrected chi connectivity index (χ1v) is 16.5. The molecule has 1 fully saturated rings. The second-order valence-electron chi connectivity index (χ2n) is 12.2. The Kier molecular flexibility index (Phi) is 18.0. The molecular formula is C36H54N4O5. The van der Waals surface area contributed by atoms with Gasteiger partial charge in [0, 0.05) is 45.9 Å². The summed E-state index contributed by atoms with van der Waals surface area (Å²) >= 11 is 0. The van der Waals surface area contributed by atoms with E-state index in [0.717, 1.165) is 44.2 Å². The van der Waals surface area contributed by atoms with E-state index in [1.165, 1.54) is 0 Å². The van der Waals surface area contributed by atoms with Gasteiger partial charge in [0.05, 0.1) is 24.2 Å². The zero-order valence-electron chi connectivity index (χ0n) is 27.4. The summed E-state index contributed by atoms with van der Waals surface area (Å²) in [7, 11) is 1.73. The van der Waals surface area contributed by atoms with E-state index in [1.54, 1.807) is 11.9 Å². The fourth-order valence-electron chi connectivity index (χ4n) is 5.54. The van der Waals surface area contributed by atoms with Crippen molar-refractivity contribution in [3.05, 3.63) is 35.9 Å². The topological polar surface area (TPSA) is 120 Å². The van der Waals surface area contributed by atoms with E-state index in [0.29, 0.717) is 25.4 Å². The Labute approximate surface area is 270 Å². The molecule has 0 aromatic heterocycles. The summed E-state index contributed by atoms with van der Waals surface area (Å²) in [5.74, 6) is 3.78. The van der Waals surface area contributed by atoms with Gasteiger partial charge in [0.25, 0.3) is 0 Å². The summed E-state index contributed by atoms with van der Waals surface area (Å²) in [4.78, 5) is 41.7. The van der Waals surface area contributed by atoms with Gasteiger partial charge in [0.1, 0.15) is 6.04 Å². The van der Waals surface area contributed by atoms with Crippen LogP contribution in [0.1, 0.15) is 77.2 Å². The molecule has 0 bridgehead atoms. The Morgan fingerprint density at radius 1 is 1.09 bits per heavy atom. The summed E-state index contributed by atoms with van der Waals surface area (Å²) < 4.78 is 6.23. The van der Waals surface area contributed by atoms with Crippen molar-refractivity contribution in [3.63, 3.8) is 0 Å². The number of carbonyl (C=O) groups excluding carboxylic acids is 3. The predicted octanol–water partition coefficient (Wildman–Crippen LogP) is 3.06. The lowest BCUT2D eigenvalue weighted by molar-refractivity contribution is -0.136. The van der Waals surface area contributed by atoms with Gasteiger partial charge in [-0.05, 0) is 50.1 Å². The number of hydrogen-bond donors (Lipinski definition) is 4. The predicted molar refractivity (Wildman–Crippen MR) is 178 cm³/mol. The first kappa shape index (κ1) is 37.8. The highest BCUT2D eigenvalue weighted by Gasteiger charge is 2.31.